The molecule has 0 aliphatic carbocycles. The van der Waals surface area contributed by atoms with E-state index in [-0.39, 0.29) is 0 Å². The monoisotopic (exact) mass is 324 g/mol. The summed E-state index contributed by atoms with van der Waals surface area (Å²) < 4.78 is 5.65. The van der Waals surface area contributed by atoms with Crippen molar-refractivity contribution in [1.29, 1.82) is 0 Å². The van der Waals surface area contributed by atoms with Gasteiger partial charge in [-0.15, -0.1) is 11.3 Å². The summed E-state index contributed by atoms with van der Waals surface area (Å²) in [6.07, 6.45) is 2.70. The van der Waals surface area contributed by atoms with Gasteiger partial charge in [0, 0.05) is 24.0 Å². The van der Waals surface area contributed by atoms with Crippen LogP contribution in [0.3, 0.4) is 0 Å². The van der Waals surface area contributed by atoms with Crippen molar-refractivity contribution >= 4 is 22.9 Å². The van der Waals surface area contributed by atoms with E-state index in [0.717, 1.165) is 25.1 Å². The quantitative estimate of drug-likeness (QED) is 0.791. The average molecular weight is 325 g/mol. The van der Waals surface area contributed by atoms with E-state index >= 15 is 0 Å². The first kappa shape index (κ1) is 16.3. The highest BCUT2D eigenvalue weighted by molar-refractivity contribution is 7.09. The van der Waals surface area contributed by atoms with E-state index in [4.69, 9.17) is 16.3 Å². The van der Waals surface area contributed by atoms with Crippen LogP contribution in [0.5, 0.6) is 5.88 Å². The summed E-state index contributed by atoms with van der Waals surface area (Å²) in [5.74, 6) is 1.15. The minimum absolute atomic E-state index is 0.515. The van der Waals surface area contributed by atoms with Crippen molar-refractivity contribution in [3.8, 4) is 5.88 Å². The first-order valence-electron chi connectivity index (χ1n) is 7.15. The summed E-state index contributed by atoms with van der Waals surface area (Å²) in [4.78, 5) is 5.61. The van der Waals surface area contributed by atoms with Gasteiger partial charge in [0.05, 0.1) is 6.61 Å². The van der Waals surface area contributed by atoms with Crippen LogP contribution in [0.4, 0.5) is 0 Å². The Morgan fingerprint density at radius 2 is 2.29 bits per heavy atom. The molecule has 5 heteroatoms. The van der Waals surface area contributed by atoms with Gasteiger partial charge < -0.3 is 10.1 Å². The molecule has 0 aliphatic heterocycles. The number of ether oxygens (including phenoxy) is 1. The number of nitrogens with zero attached hydrogens (tertiary/aromatic N) is 1. The molecule has 0 aliphatic rings. The van der Waals surface area contributed by atoms with Gasteiger partial charge in [0.2, 0.25) is 5.88 Å². The Morgan fingerprint density at radius 1 is 1.43 bits per heavy atom. The molecule has 0 saturated heterocycles. The van der Waals surface area contributed by atoms with Gasteiger partial charge in [0.15, 0.2) is 0 Å². The second-order valence-corrected chi connectivity index (χ2v) is 6.77. The zero-order valence-corrected chi connectivity index (χ0v) is 14.0. The lowest BCUT2D eigenvalue weighted by molar-refractivity contribution is 0.310. The number of hydrogen-bond donors (Lipinski definition) is 1. The highest BCUT2D eigenvalue weighted by Crippen LogP contribution is 2.22. The molecule has 0 atom stereocenters. The predicted octanol–water partition coefficient (Wildman–Crippen LogP) is 4.16. The van der Waals surface area contributed by atoms with Gasteiger partial charge in [0.1, 0.15) is 5.02 Å². The topological polar surface area (TPSA) is 34.2 Å². The van der Waals surface area contributed by atoms with E-state index in [1.165, 1.54) is 4.88 Å². The molecule has 114 valence electrons. The highest BCUT2D eigenvalue weighted by atomic mass is 35.5. The lowest BCUT2D eigenvalue weighted by atomic mass is 10.2. The van der Waals surface area contributed by atoms with Crippen LogP contribution >= 0.6 is 22.9 Å². The van der Waals surface area contributed by atoms with Gasteiger partial charge in [-0.2, -0.15) is 0 Å². The molecule has 0 amide bonds. The van der Waals surface area contributed by atoms with Gasteiger partial charge in [0.25, 0.3) is 0 Å². The fraction of sp³-hybridized carbons (Fsp3) is 0.438. The number of thiophene rings is 1. The van der Waals surface area contributed by atoms with Crippen molar-refractivity contribution in [3.05, 3.63) is 45.2 Å². The largest absolute Gasteiger partial charge is 0.476 e. The first-order valence-corrected chi connectivity index (χ1v) is 8.41. The van der Waals surface area contributed by atoms with Crippen LogP contribution in [-0.2, 0) is 13.0 Å². The molecule has 0 fully saturated rings. The minimum Gasteiger partial charge on any atom is -0.476 e. The van der Waals surface area contributed by atoms with Crippen LogP contribution in [0.15, 0.2) is 29.8 Å². The molecular formula is C16H21ClN2OS. The summed E-state index contributed by atoms with van der Waals surface area (Å²) in [5.41, 5.74) is 1.08. The number of nitrogens with one attached hydrogen (secondary N) is 1. The van der Waals surface area contributed by atoms with Gasteiger partial charge in [-0.25, -0.2) is 4.98 Å². The van der Waals surface area contributed by atoms with Crippen LogP contribution in [-0.4, -0.2) is 18.1 Å². The van der Waals surface area contributed by atoms with Crippen molar-refractivity contribution in [3.63, 3.8) is 0 Å². The summed E-state index contributed by atoms with van der Waals surface area (Å²) in [6.45, 7) is 6.72. The maximum atomic E-state index is 6.22. The number of pyridine rings is 1. The van der Waals surface area contributed by atoms with Crippen LogP contribution in [0.1, 0.15) is 24.3 Å². The molecule has 0 unspecified atom stereocenters. The zero-order chi connectivity index (χ0) is 15.1. The summed E-state index contributed by atoms with van der Waals surface area (Å²) >= 11 is 7.95. The fourth-order valence-corrected chi connectivity index (χ4v) is 2.81. The molecule has 2 aromatic heterocycles. The van der Waals surface area contributed by atoms with E-state index in [1.54, 1.807) is 11.3 Å². The molecule has 21 heavy (non-hydrogen) atoms. The third-order valence-corrected chi connectivity index (χ3v) is 4.12. The number of rotatable bonds is 8. The highest BCUT2D eigenvalue weighted by Gasteiger charge is 2.06. The molecule has 0 aromatic carbocycles. The predicted molar refractivity (Wildman–Crippen MR) is 89.3 cm³/mol. The van der Waals surface area contributed by atoms with Crippen LogP contribution in [0.2, 0.25) is 5.02 Å². The van der Waals surface area contributed by atoms with Crippen molar-refractivity contribution in [2.24, 2.45) is 5.92 Å². The average Bonchev–Trinajstić information content (AvgIpc) is 2.94. The third kappa shape index (κ3) is 5.65. The molecule has 2 heterocycles. The Kier molecular flexibility index (Phi) is 6.49. The van der Waals surface area contributed by atoms with Gasteiger partial charge >= 0.3 is 0 Å². The Balaban J connectivity index is 1.81. The number of halogens is 1. The molecule has 0 radical (unpaired) electrons. The first-order chi connectivity index (χ1) is 10.1. The molecule has 2 rings (SSSR count). The zero-order valence-electron chi connectivity index (χ0n) is 12.4. The third-order valence-electron chi connectivity index (χ3n) is 2.91. The van der Waals surface area contributed by atoms with Gasteiger partial charge in [-0.1, -0.05) is 31.5 Å². The maximum absolute atomic E-state index is 6.22. The summed E-state index contributed by atoms with van der Waals surface area (Å²) in [6, 6.07) is 6.07. The van der Waals surface area contributed by atoms with Crippen molar-refractivity contribution in [2.45, 2.75) is 26.8 Å². The molecular weight excluding hydrogens is 304 g/mol. The fourth-order valence-electron chi connectivity index (χ4n) is 1.88. The lowest BCUT2D eigenvalue weighted by Gasteiger charge is -2.10. The van der Waals surface area contributed by atoms with Crippen LogP contribution < -0.4 is 10.1 Å². The van der Waals surface area contributed by atoms with E-state index in [2.05, 4.69) is 35.6 Å². The van der Waals surface area contributed by atoms with Crippen LogP contribution in [0, 0.1) is 5.92 Å². The molecule has 0 saturated carbocycles. The van der Waals surface area contributed by atoms with Crippen LogP contribution in [0.25, 0.3) is 0 Å². The molecule has 0 spiro atoms. The van der Waals surface area contributed by atoms with E-state index in [0.29, 0.717) is 23.4 Å². The molecule has 2 aromatic rings. The van der Waals surface area contributed by atoms with Crippen molar-refractivity contribution in [2.75, 3.05) is 13.2 Å². The second-order valence-electron chi connectivity index (χ2n) is 5.33. The van der Waals surface area contributed by atoms with Crippen molar-refractivity contribution in [1.82, 2.24) is 10.3 Å². The van der Waals surface area contributed by atoms with Crippen molar-refractivity contribution < 1.29 is 4.74 Å². The second kappa shape index (κ2) is 8.37. The molecule has 1 N–H and O–H groups in total. The Labute approximate surface area is 135 Å². The Morgan fingerprint density at radius 3 is 2.95 bits per heavy atom. The lowest BCUT2D eigenvalue weighted by Crippen LogP contribution is -2.19. The van der Waals surface area contributed by atoms with E-state index in [9.17, 15) is 0 Å². The summed E-state index contributed by atoms with van der Waals surface area (Å²) in [5, 5.41) is 6.01. The Bertz CT molecular complexity index is 543. The van der Waals surface area contributed by atoms with Gasteiger partial charge in [-0.05, 0) is 35.5 Å². The minimum atomic E-state index is 0.515. The molecule has 0 bridgehead atoms. The summed E-state index contributed by atoms with van der Waals surface area (Å²) in [7, 11) is 0. The molecule has 3 nitrogen and oxygen atoms in total. The number of aromatic nitrogens is 1. The number of hydrogen-bond acceptors (Lipinski definition) is 4. The normalized spacial score (nSPS) is 11.0. The SMILES string of the molecule is CC(C)CNCc1cnc(OCCc2cccs2)c(Cl)c1. The Hall–Kier alpha value is -1.10. The van der Waals surface area contributed by atoms with Gasteiger partial charge in [-0.3, -0.25) is 0 Å². The van der Waals surface area contributed by atoms with E-state index < -0.39 is 0 Å². The maximum Gasteiger partial charge on any atom is 0.232 e. The standard InChI is InChI=1S/C16H21ClN2OS/c1-12(2)9-18-10-13-8-15(17)16(19-11-13)20-6-5-14-4-3-7-21-14/h3-4,7-8,11-12,18H,5-6,9-10H2,1-2H3. The van der Waals surface area contributed by atoms with E-state index in [1.807, 2.05) is 18.3 Å². The smallest absolute Gasteiger partial charge is 0.232 e.